The van der Waals surface area contributed by atoms with E-state index in [2.05, 4.69) is 25.2 Å². The van der Waals surface area contributed by atoms with Gasteiger partial charge in [0, 0.05) is 6.20 Å². The molecule has 0 saturated carbocycles. The molecule has 0 fully saturated rings. The van der Waals surface area contributed by atoms with Crippen molar-refractivity contribution >= 4 is 11.5 Å². The van der Waals surface area contributed by atoms with Crippen LogP contribution in [0.25, 0.3) is 5.57 Å². The van der Waals surface area contributed by atoms with Crippen LogP contribution in [-0.2, 0) is 4.79 Å². The van der Waals surface area contributed by atoms with Crippen LogP contribution in [0.1, 0.15) is 43.9 Å². The molecular formula is C15H20N2O. The molecule has 0 spiro atoms. The second-order valence-electron chi connectivity index (χ2n) is 4.73. The second-order valence-corrected chi connectivity index (χ2v) is 4.73. The zero-order valence-corrected chi connectivity index (χ0v) is 10.9. The Morgan fingerprint density at radius 2 is 2.00 bits per heavy atom. The molecule has 96 valence electrons. The summed E-state index contributed by atoms with van der Waals surface area (Å²) >= 11 is 0. The van der Waals surface area contributed by atoms with Crippen LogP contribution in [-0.4, -0.2) is 5.91 Å². The van der Waals surface area contributed by atoms with E-state index >= 15 is 0 Å². The average Bonchev–Trinajstić information content (AvgIpc) is 2.39. The van der Waals surface area contributed by atoms with Crippen molar-refractivity contribution in [3.63, 3.8) is 0 Å². The molecule has 1 atom stereocenters. The van der Waals surface area contributed by atoms with Gasteiger partial charge < -0.3 is 11.1 Å². The largest absolute Gasteiger partial charge is 0.383 e. The second kappa shape index (κ2) is 5.25. The zero-order valence-electron chi connectivity index (χ0n) is 10.9. The minimum Gasteiger partial charge on any atom is -0.383 e. The predicted octanol–water partition coefficient (Wildman–Crippen LogP) is 2.59. The van der Waals surface area contributed by atoms with Gasteiger partial charge in [-0.15, -0.1) is 0 Å². The van der Waals surface area contributed by atoms with Gasteiger partial charge in [-0.25, -0.2) is 0 Å². The number of benzene rings is 1. The van der Waals surface area contributed by atoms with Gasteiger partial charge in [0.05, 0.1) is 11.6 Å². The molecule has 1 aliphatic rings. The molecule has 1 unspecified atom stereocenters. The monoisotopic (exact) mass is 244 g/mol. The molecule has 0 aromatic heterocycles. The van der Waals surface area contributed by atoms with Crippen molar-refractivity contribution in [3.8, 4) is 0 Å². The molecule has 1 aromatic carbocycles. The molecule has 1 aromatic rings. The summed E-state index contributed by atoms with van der Waals surface area (Å²) in [4.78, 5) is 11.4. The average molecular weight is 244 g/mol. The number of nitrogens with two attached hydrogens (primary N) is 1. The van der Waals surface area contributed by atoms with Crippen LogP contribution in [0.2, 0.25) is 0 Å². The summed E-state index contributed by atoms with van der Waals surface area (Å²) in [5.74, 6) is 0.190. The van der Waals surface area contributed by atoms with Crippen LogP contribution in [0, 0.1) is 5.92 Å². The summed E-state index contributed by atoms with van der Waals surface area (Å²) in [6.45, 7) is 4.40. The molecule has 1 heterocycles. The third-order valence-electron chi connectivity index (χ3n) is 3.78. The lowest BCUT2D eigenvalue weighted by molar-refractivity contribution is -0.112. The van der Waals surface area contributed by atoms with E-state index in [0.717, 1.165) is 18.4 Å². The molecule has 0 aliphatic carbocycles. The Bertz CT molecular complexity index is 475. The fourth-order valence-electron chi connectivity index (χ4n) is 2.71. The minimum absolute atomic E-state index is 0.277. The van der Waals surface area contributed by atoms with Gasteiger partial charge in [-0.05, 0) is 17.0 Å². The first-order valence-electron chi connectivity index (χ1n) is 6.54. The van der Waals surface area contributed by atoms with Crippen molar-refractivity contribution < 1.29 is 4.79 Å². The van der Waals surface area contributed by atoms with E-state index in [1.807, 2.05) is 18.2 Å². The maximum atomic E-state index is 11.4. The molecule has 0 radical (unpaired) electrons. The number of hydrogen-bond donors (Lipinski definition) is 2. The lowest BCUT2D eigenvalue weighted by Crippen LogP contribution is -2.30. The molecule has 18 heavy (non-hydrogen) atoms. The van der Waals surface area contributed by atoms with Crippen LogP contribution >= 0.6 is 0 Å². The predicted molar refractivity (Wildman–Crippen MR) is 73.6 cm³/mol. The molecule has 1 aliphatic heterocycles. The summed E-state index contributed by atoms with van der Waals surface area (Å²) in [5, 5.41) is 3.35. The van der Waals surface area contributed by atoms with Crippen LogP contribution in [0.15, 0.2) is 30.5 Å². The fraction of sp³-hybridized carbons (Fsp3) is 0.400. The van der Waals surface area contributed by atoms with Crippen molar-refractivity contribution in [2.45, 2.75) is 32.7 Å². The fourth-order valence-corrected chi connectivity index (χ4v) is 2.71. The highest BCUT2D eigenvalue weighted by Crippen LogP contribution is 2.35. The van der Waals surface area contributed by atoms with Crippen LogP contribution in [0.3, 0.4) is 0 Å². The number of amides is 1. The lowest BCUT2D eigenvalue weighted by atomic mass is 9.83. The molecule has 0 bridgehead atoms. The van der Waals surface area contributed by atoms with Crippen molar-refractivity contribution in [1.29, 1.82) is 0 Å². The Labute approximate surface area is 108 Å². The standard InChI is InChI=1S/C15H20N2O/c1-3-10(4-2)14-12-8-6-5-7-11(12)13(9-17-14)15(16)18/h5-10,14,17H,3-4H2,1-2H3,(H2,16,18). The SMILES string of the molecule is CCC(CC)C1NC=C(C(N)=O)c2ccccc21. The van der Waals surface area contributed by atoms with Gasteiger partial charge in [-0.2, -0.15) is 0 Å². The van der Waals surface area contributed by atoms with Gasteiger partial charge in [0.1, 0.15) is 0 Å². The quantitative estimate of drug-likeness (QED) is 0.855. The van der Waals surface area contributed by atoms with E-state index < -0.39 is 0 Å². The van der Waals surface area contributed by atoms with Gasteiger partial charge >= 0.3 is 0 Å². The molecule has 0 saturated heterocycles. The number of rotatable bonds is 4. The molecule has 3 heteroatoms. The number of carbonyl (C=O) groups excluding carboxylic acids is 1. The Hall–Kier alpha value is -1.77. The first-order valence-corrected chi connectivity index (χ1v) is 6.54. The number of carbonyl (C=O) groups is 1. The third-order valence-corrected chi connectivity index (χ3v) is 3.78. The maximum absolute atomic E-state index is 11.4. The smallest absolute Gasteiger partial charge is 0.250 e. The maximum Gasteiger partial charge on any atom is 0.250 e. The number of primary amides is 1. The zero-order chi connectivity index (χ0) is 13.1. The van der Waals surface area contributed by atoms with Gasteiger partial charge in [0.25, 0.3) is 5.91 Å². The number of fused-ring (bicyclic) bond motifs is 1. The summed E-state index contributed by atoms with van der Waals surface area (Å²) in [6, 6.07) is 8.30. The normalized spacial score (nSPS) is 17.9. The Morgan fingerprint density at radius 1 is 1.33 bits per heavy atom. The van der Waals surface area contributed by atoms with Gasteiger partial charge in [0.2, 0.25) is 0 Å². The van der Waals surface area contributed by atoms with Gasteiger partial charge in [0.15, 0.2) is 0 Å². The molecule has 1 amide bonds. The highest BCUT2D eigenvalue weighted by atomic mass is 16.1. The topological polar surface area (TPSA) is 55.1 Å². The van der Waals surface area contributed by atoms with E-state index in [1.165, 1.54) is 5.56 Å². The van der Waals surface area contributed by atoms with E-state index in [-0.39, 0.29) is 11.9 Å². The first kappa shape index (κ1) is 12.7. The van der Waals surface area contributed by atoms with Crippen LogP contribution in [0.4, 0.5) is 0 Å². The summed E-state index contributed by atoms with van der Waals surface area (Å²) in [5.41, 5.74) is 8.15. The molecule has 3 N–H and O–H groups in total. The third kappa shape index (κ3) is 2.13. The van der Waals surface area contributed by atoms with E-state index in [9.17, 15) is 4.79 Å². The summed E-state index contributed by atoms with van der Waals surface area (Å²) in [6.07, 6.45) is 4.00. The van der Waals surface area contributed by atoms with Crippen molar-refractivity contribution in [3.05, 3.63) is 41.6 Å². The van der Waals surface area contributed by atoms with Crippen LogP contribution in [0.5, 0.6) is 0 Å². The Morgan fingerprint density at radius 3 is 2.61 bits per heavy atom. The van der Waals surface area contributed by atoms with Crippen LogP contribution < -0.4 is 11.1 Å². The molecule has 2 rings (SSSR count). The Balaban J connectivity index is 2.45. The van der Waals surface area contributed by atoms with E-state index in [0.29, 0.717) is 11.5 Å². The van der Waals surface area contributed by atoms with E-state index in [1.54, 1.807) is 6.20 Å². The Kier molecular flexibility index (Phi) is 3.70. The number of nitrogens with one attached hydrogen (secondary N) is 1. The van der Waals surface area contributed by atoms with Gasteiger partial charge in [-0.3, -0.25) is 4.79 Å². The van der Waals surface area contributed by atoms with Crippen molar-refractivity contribution in [1.82, 2.24) is 5.32 Å². The number of hydrogen-bond acceptors (Lipinski definition) is 2. The summed E-state index contributed by atoms with van der Waals surface area (Å²) < 4.78 is 0. The van der Waals surface area contributed by atoms with E-state index in [4.69, 9.17) is 5.73 Å². The van der Waals surface area contributed by atoms with Gasteiger partial charge in [-0.1, -0.05) is 51.0 Å². The van der Waals surface area contributed by atoms with Crippen molar-refractivity contribution in [2.24, 2.45) is 11.7 Å². The van der Waals surface area contributed by atoms with Crippen molar-refractivity contribution in [2.75, 3.05) is 0 Å². The lowest BCUT2D eigenvalue weighted by Gasteiger charge is -2.31. The minimum atomic E-state index is -0.377. The first-order chi connectivity index (χ1) is 8.69. The summed E-state index contributed by atoms with van der Waals surface area (Å²) in [7, 11) is 0. The molecule has 3 nitrogen and oxygen atoms in total. The highest BCUT2D eigenvalue weighted by molar-refractivity contribution is 6.19. The molecular weight excluding hydrogens is 224 g/mol. The highest BCUT2D eigenvalue weighted by Gasteiger charge is 2.27.